The molecule has 2 saturated heterocycles. The Balaban J connectivity index is 0.0000396. The van der Waals surface area contributed by atoms with Gasteiger partial charge in [-0.15, -0.1) is 0 Å². The maximum absolute atomic E-state index is 14.2. The molecule has 0 aromatic carbocycles. The van der Waals surface area contributed by atoms with Crippen molar-refractivity contribution in [3.05, 3.63) is 0 Å². The minimum Gasteiger partial charge on any atom is -0.726 e. The van der Waals surface area contributed by atoms with Crippen LogP contribution in [0.4, 0.5) is 0 Å². The molecule has 2 aliphatic rings. The number of carbonyl (C=O) groups excluding carboxylic acids is 4. The van der Waals surface area contributed by atoms with E-state index in [1.807, 2.05) is 0 Å². The maximum atomic E-state index is 14.2. The van der Waals surface area contributed by atoms with Crippen molar-refractivity contribution in [1.82, 2.24) is 0 Å². The number of unbranched alkanes of at least 4 members (excludes halogenated alkanes) is 35. The molecule has 18 nitrogen and oxygen atoms in total. The molecular weight excluding hydrogens is 1170 g/mol. The zero-order valence-corrected chi connectivity index (χ0v) is 60.0. The Morgan fingerprint density at radius 1 is 0.404 bits per heavy atom. The average molecular weight is 1300 g/mol. The van der Waals surface area contributed by atoms with Gasteiger partial charge in [-0.1, -0.05) is 292 Å². The fourth-order valence-corrected chi connectivity index (χ4v) is 12.2. The van der Waals surface area contributed by atoms with Crippen LogP contribution in [-0.2, 0) is 66.9 Å². The molecule has 0 aromatic rings. The summed E-state index contributed by atoms with van der Waals surface area (Å²) in [5, 5.41) is 35.0. The van der Waals surface area contributed by atoms with Crippen molar-refractivity contribution in [2.24, 2.45) is 17.8 Å². The molecule has 0 bridgehead atoms. The van der Waals surface area contributed by atoms with Crippen molar-refractivity contribution in [3.63, 3.8) is 0 Å². The second-order valence-corrected chi connectivity index (χ2v) is 27.0. The van der Waals surface area contributed by atoms with Crippen LogP contribution in [0.25, 0.3) is 0 Å². The van der Waals surface area contributed by atoms with Crippen LogP contribution in [0.2, 0.25) is 0 Å². The minimum absolute atomic E-state index is 0. The molecule has 2 heterocycles. The van der Waals surface area contributed by atoms with Crippen molar-refractivity contribution < 1.29 is 114 Å². The van der Waals surface area contributed by atoms with Crippen molar-refractivity contribution in [2.75, 3.05) is 13.2 Å². The van der Waals surface area contributed by atoms with E-state index >= 15 is 0 Å². The zero-order valence-electron chi connectivity index (χ0n) is 57.2. The number of aliphatic hydroxyl groups is 3. The Morgan fingerprint density at radius 3 is 1.06 bits per heavy atom. The van der Waals surface area contributed by atoms with Crippen molar-refractivity contribution in [1.29, 1.82) is 0 Å². The summed E-state index contributed by atoms with van der Waals surface area (Å²) < 4.78 is 83.8. The average Bonchev–Trinajstić information content (AvgIpc) is 1.65. The van der Waals surface area contributed by atoms with E-state index in [0.717, 1.165) is 141 Å². The Hall–Kier alpha value is -1.49. The van der Waals surface area contributed by atoms with Crippen LogP contribution in [0.1, 0.15) is 325 Å². The van der Waals surface area contributed by atoms with Crippen molar-refractivity contribution in [3.8, 4) is 0 Å². The Kier molecular flexibility index (Phi) is 51.6. The third kappa shape index (κ3) is 39.9. The molecule has 0 unspecified atom stereocenters. The molecule has 89 heavy (non-hydrogen) atoms. The van der Waals surface area contributed by atoms with E-state index in [1.165, 1.54) is 103 Å². The number of hydrogen-bond acceptors (Lipinski definition) is 18. The molecule has 0 aliphatic carbocycles. The van der Waals surface area contributed by atoms with Crippen molar-refractivity contribution in [2.45, 2.75) is 386 Å². The van der Waals surface area contributed by atoms with Gasteiger partial charge in [0.05, 0.1) is 17.8 Å². The fourth-order valence-electron chi connectivity index (χ4n) is 11.7. The first kappa shape index (κ1) is 85.5. The van der Waals surface area contributed by atoms with Crippen molar-refractivity contribution >= 4 is 34.3 Å². The predicted octanol–water partition coefficient (Wildman–Crippen LogP) is 12.1. The first-order valence-corrected chi connectivity index (χ1v) is 37.1. The first-order chi connectivity index (χ1) is 42.4. The standard InChI is InChI=1S/C69H128O18S.Na/c1-8-12-16-20-24-26-28-30-32-33-35-37-41-45-49-55(7)67(76)85-62-60(72)57(52-81-66(75)54(6)48-44-40-23-19-15-11-4)83-69(64(62)84-58(70)50-46-42-38-36-34-31-29-27-25-21-17-13-9-2)86-68-63(87-88(77,78)79)61(73)59(71)56(82-68)51-80-65(74)53(5)47-43-39-22-18-14-10-3;/h53-57,59-64,68-69,71-73H,8-52H2,1-7H3,(H,77,78,79);/q;+1/p-1/t53-,54-,55-,56+,57+,59+,60+,61-,62-,63+,64+,68+,69+;/m0./s1. The van der Waals surface area contributed by atoms with Crippen LogP contribution < -0.4 is 29.6 Å². The number of carbonyl (C=O) groups is 4. The molecule has 2 aliphatic heterocycles. The molecule has 2 fully saturated rings. The third-order valence-electron chi connectivity index (χ3n) is 17.7. The van der Waals surface area contributed by atoms with Gasteiger partial charge in [0.25, 0.3) is 0 Å². The van der Waals surface area contributed by atoms with Gasteiger partial charge in [-0.25, -0.2) is 8.42 Å². The summed E-state index contributed by atoms with van der Waals surface area (Å²) in [6.07, 6.45) is 25.1. The molecule has 13 atom stereocenters. The summed E-state index contributed by atoms with van der Waals surface area (Å²) in [7, 11) is -5.66. The molecular formula is C69H127NaO18S. The largest absolute Gasteiger partial charge is 1.00 e. The second kappa shape index (κ2) is 53.7. The van der Waals surface area contributed by atoms with E-state index in [9.17, 15) is 47.5 Å². The molecule has 3 N–H and O–H groups in total. The van der Waals surface area contributed by atoms with Gasteiger partial charge in [-0.2, -0.15) is 0 Å². The normalized spacial score (nSPS) is 23.0. The molecule has 0 aromatic heterocycles. The summed E-state index contributed by atoms with van der Waals surface area (Å²) in [6, 6.07) is 0. The van der Waals surface area contributed by atoms with E-state index in [2.05, 4.69) is 27.7 Å². The second-order valence-electron chi connectivity index (χ2n) is 26.0. The summed E-state index contributed by atoms with van der Waals surface area (Å²) in [5.74, 6) is -4.42. The van der Waals surface area contributed by atoms with Gasteiger partial charge in [0.15, 0.2) is 24.6 Å². The first-order valence-electron chi connectivity index (χ1n) is 35.8. The minimum atomic E-state index is -5.66. The van der Waals surface area contributed by atoms with Crippen LogP contribution >= 0.6 is 0 Å². The predicted molar refractivity (Wildman–Crippen MR) is 341 cm³/mol. The molecule has 0 amide bonds. The summed E-state index contributed by atoms with van der Waals surface area (Å²) in [6.45, 7) is 12.6. The Labute approximate surface area is 562 Å². The summed E-state index contributed by atoms with van der Waals surface area (Å²) >= 11 is 0. The number of esters is 4. The fraction of sp³-hybridized carbons (Fsp3) is 0.942. The third-order valence-corrected chi connectivity index (χ3v) is 18.2. The SMILES string of the molecule is CCCCCCCCCCCCCCCC[C@H](C)C(=O)O[C@H]1[C@H](O)[C@@H](COC(=O)[C@@H](C)CCCCCCCC)O[C@H](O[C@H]2O[C@H](COC(=O)[C@@H](C)CCCCCCCC)[C@@H](O)[C@H](O)[C@H]2OS(=O)(=O)[O-])[C@@H]1OC(=O)CCCCCCCCCCCCCCC.[Na+]. The molecule has 0 saturated carbocycles. The van der Waals surface area contributed by atoms with E-state index in [1.54, 1.807) is 20.8 Å². The van der Waals surface area contributed by atoms with Crippen LogP contribution in [0, 0.1) is 17.8 Å². The van der Waals surface area contributed by atoms with Crippen LogP contribution in [0.3, 0.4) is 0 Å². The van der Waals surface area contributed by atoms with Crippen LogP contribution in [0.5, 0.6) is 0 Å². The number of rotatable bonds is 56. The molecule has 0 spiro atoms. The number of hydrogen-bond donors (Lipinski definition) is 3. The molecule has 518 valence electrons. The van der Waals surface area contributed by atoms with Crippen LogP contribution in [0.15, 0.2) is 0 Å². The Bertz CT molecular complexity index is 1880. The Morgan fingerprint density at radius 2 is 0.708 bits per heavy atom. The van der Waals surface area contributed by atoms with Crippen LogP contribution in [-0.4, -0.2) is 127 Å². The van der Waals surface area contributed by atoms with Gasteiger partial charge >= 0.3 is 53.4 Å². The molecule has 2 rings (SSSR count). The van der Waals surface area contributed by atoms with Gasteiger partial charge < -0.3 is 53.0 Å². The topological polar surface area (TPSA) is 260 Å². The van der Waals surface area contributed by atoms with E-state index in [0.29, 0.717) is 25.7 Å². The summed E-state index contributed by atoms with van der Waals surface area (Å²) in [5.41, 5.74) is 0. The maximum Gasteiger partial charge on any atom is 1.00 e. The van der Waals surface area contributed by atoms with Gasteiger partial charge in [0.2, 0.25) is 16.7 Å². The smallest absolute Gasteiger partial charge is 0.726 e. The van der Waals surface area contributed by atoms with Gasteiger partial charge in [0, 0.05) is 6.42 Å². The van der Waals surface area contributed by atoms with Gasteiger partial charge in [-0.3, -0.25) is 23.4 Å². The zero-order chi connectivity index (χ0) is 64.8. The summed E-state index contributed by atoms with van der Waals surface area (Å²) in [4.78, 5) is 55.0. The van der Waals surface area contributed by atoms with E-state index in [4.69, 9.17) is 37.3 Å². The number of aliphatic hydroxyl groups excluding tert-OH is 3. The van der Waals surface area contributed by atoms with Gasteiger partial charge in [-0.05, 0) is 25.7 Å². The van der Waals surface area contributed by atoms with Gasteiger partial charge in [0.1, 0.15) is 43.7 Å². The van der Waals surface area contributed by atoms with E-state index < -0.39 is 127 Å². The van der Waals surface area contributed by atoms with E-state index in [-0.39, 0.29) is 36.0 Å². The number of ether oxygens (including phenoxy) is 7. The monoisotopic (exact) mass is 1300 g/mol. The molecule has 0 radical (unpaired) electrons. The quantitative estimate of drug-likeness (QED) is 0.0128. The molecule has 20 heteroatoms.